The average molecular weight is 324 g/mol. The zero-order valence-electron chi connectivity index (χ0n) is 13.0. The van der Waals surface area contributed by atoms with Crippen LogP contribution >= 0.6 is 11.6 Å². The standard InChI is InChI=1S/C17H22ClNO3/c1-21-15-9-14(16(22-2)8-13(15)18)19-17(20)7-12-6-10-3-4-11(12)5-10/h8-12H,3-7H2,1-2H3,(H,19,20)/t10-,11-,12+/m0/s1. The molecule has 1 aromatic rings. The zero-order valence-corrected chi connectivity index (χ0v) is 13.8. The van der Waals surface area contributed by atoms with Gasteiger partial charge in [-0.05, 0) is 37.0 Å². The van der Waals surface area contributed by atoms with Gasteiger partial charge in [0.15, 0.2) is 0 Å². The van der Waals surface area contributed by atoms with Crippen LogP contribution in [0.15, 0.2) is 12.1 Å². The topological polar surface area (TPSA) is 47.6 Å². The average Bonchev–Trinajstić information content (AvgIpc) is 3.11. The minimum atomic E-state index is 0.0419. The lowest BCUT2D eigenvalue weighted by Crippen LogP contribution is -2.20. The third kappa shape index (κ3) is 3.02. The summed E-state index contributed by atoms with van der Waals surface area (Å²) in [7, 11) is 3.11. The van der Waals surface area contributed by atoms with Crippen LogP contribution in [0.2, 0.25) is 5.02 Å². The number of nitrogens with one attached hydrogen (secondary N) is 1. The van der Waals surface area contributed by atoms with Gasteiger partial charge in [0.05, 0.1) is 24.9 Å². The van der Waals surface area contributed by atoms with E-state index in [1.807, 2.05) is 0 Å². The number of rotatable bonds is 5. The maximum atomic E-state index is 12.4. The Morgan fingerprint density at radius 2 is 2.00 bits per heavy atom. The van der Waals surface area contributed by atoms with Crippen molar-refractivity contribution in [3.05, 3.63) is 17.2 Å². The number of hydrogen-bond donors (Lipinski definition) is 1. The van der Waals surface area contributed by atoms with Gasteiger partial charge in [-0.2, -0.15) is 0 Å². The molecule has 2 aliphatic carbocycles. The lowest BCUT2D eigenvalue weighted by Gasteiger charge is -2.21. The van der Waals surface area contributed by atoms with E-state index in [4.69, 9.17) is 21.1 Å². The molecule has 0 saturated heterocycles. The number of methoxy groups -OCH3 is 2. The largest absolute Gasteiger partial charge is 0.495 e. The second-order valence-corrected chi connectivity index (χ2v) is 6.78. The fraction of sp³-hybridized carbons (Fsp3) is 0.588. The molecule has 4 nitrogen and oxygen atoms in total. The Balaban J connectivity index is 1.68. The quantitative estimate of drug-likeness (QED) is 0.886. The van der Waals surface area contributed by atoms with Gasteiger partial charge in [0.1, 0.15) is 11.5 Å². The molecule has 2 bridgehead atoms. The molecular weight excluding hydrogens is 302 g/mol. The molecule has 0 aliphatic heterocycles. The number of carbonyl (C=O) groups excluding carboxylic acids is 1. The molecule has 0 radical (unpaired) electrons. The molecule has 5 heteroatoms. The van der Waals surface area contributed by atoms with Crippen LogP contribution in [0.1, 0.15) is 32.1 Å². The first-order chi connectivity index (χ1) is 10.6. The molecule has 2 saturated carbocycles. The van der Waals surface area contributed by atoms with E-state index >= 15 is 0 Å². The number of benzene rings is 1. The number of amides is 1. The Morgan fingerprint density at radius 1 is 1.23 bits per heavy atom. The van der Waals surface area contributed by atoms with Crippen LogP contribution in [0, 0.1) is 17.8 Å². The smallest absolute Gasteiger partial charge is 0.224 e. The van der Waals surface area contributed by atoms with Gasteiger partial charge in [0.25, 0.3) is 0 Å². The van der Waals surface area contributed by atoms with E-state index in [0.29, 0.717) is 34.5 Å². The van der Waals surface area contributed by atoms with Crippen LogP contribution in [-0.2, 0) is 4.79 Å². The van der Waals surface area contributed by atoms with Gasteiger partial charge >= 0.3 is 0 Å². The van der Waals surface area contributed by atoms with Crippen molar-refractivity contribution in [1.82, 2.24) is 0 Å². The van der Waals surface area contributed by atoms with Gasteiger partial charge in [-0.3, -0.25) is 4.79 Å². The summed E-state index contributed by atoms with van der Waals surface area (Å²) >= 11 is 6.08. The second kappa shape index (κ2) is 6.37. The normalized spacial score (nSPS) is 26.0. The van der Waals surface area contributed by atoms with Crippen molar-refractivity contribution in [1.29, 1.82) is 0 Å². The molecule has 2 aliphatic rings. The highest BCUT2D eigenvalue weighted by Crippen LogP contribution is 2.49. The maximum Gasteiger partial charge on any atom is 0.224 e. The van der Waals surface area contributed by atoms with Crippen molar-refractivity contribution in [2.24, 2.45) is 17.8 Å². The van der Waals surface area contributed by atoms with Crippen LogP contribution in [0.5, 0.6) is 11.5 Å². The fourth-order valence-corrected chi connectivity index (χ4v) is 4.25. The molecule has 3 rings (SSSR count). The van der Waals surface area contributed by atoms with Crippen LogP contribution in [0.25, 0.3) is 0 Å². The molecule has 22 heavy (non-hydrogen) atoms. The zero-order chi connectivity index (χ0) is 15.7. The molecule has 2 fully saturated rings. The number of ether oxygens (including phenoxy) is 2. The van der Waals surface area contributed by atoms with Crippen molar-refractivity contribution < 1.29 is 14.3 Å². The predicted molar refractivity (Wildman–Crippen MR) is 86.7 cm³/mol. The third-order valence-corrected chi connectivity index (χ3v) is 5.38. The third-order valence-electron chi connectivity index (χ3n) is 5.08. The summed E-state index contributed by atoms with van der Waals surface area (Å²) in [6.07, 6.45) is 5.76. The summed E-state index contributed by atoms with van der Waals surface area (Å²) in [4.78, 5) is 12.4. The van der Waals surface area contributed by atoms with E-state index in [1.165, 1.54) is 25.7 Å². The first-order valence-electron chi connectivity index (χ1n) is 7.82. The van der Waals surface area contributed by atoms with E-state index in [2.05, 4.69) is 5.32 Å². The van der Waals surface area contributed by atoms with Gasteiger partial charge in [0.2, 0.25) is 5.91 Å². The molecule has 0 unspecified atom stereocenters. The van der Waals surface area contributed by atoms with E-state index in [0.717, 1.165) is 11.8 Å². The highest BCUT2D eigenvalue weighted by Gasteiger charge is 2.40. The summed E-state index contributed by atoms with van der Waals surface area (Å²) in [5.41, 5.74) is 0.608. The Kier molecular flexibility index (Phi) is 4.48. The SMILES string of the molecule is COc1cc(NC(=O)C[C@H]2C[C@H]3CC[C@H]2C3)c(OC)cc1Cl. The molecule has 0 heterocycles. The van der Waals surface area contributed by atoms with Crippen molar-refractivity contribution in [2.75, 3.05) is 19.5 Å². The van der Waals surface area contributed by atoms with Gasteiger partial charge < -0.3 is 14.8 Å². The number of carbonyl (C=O) groups is 1. The van der Waals surface area contributed by atoms with Crippen molar-refractivity contribution in [2.45, 2.75) is 32.1 Å². The molecule has 1 N–H and O–H groups in total. The molecule has 1 aromatic carbocycles. The minimum Gasteiger partial charge on any atom is -0.495 e. The van der Waals surface area contributed by atoms with Gasteiger partial charge in [-0.1, -0.05) is 18.0 Å². The lowest BCUT2D eigenvalue weighted by atomic mass is 9.86. The monoisotopic (exact) mass is 323 g/mol. The van der Waals surface area contributed by atoms with E-state index in [-0.39, 0.29) is 5.91 Å². The van der Waals surface area contributed by atoms with Crippen LogP contribution in [0.3, 0.4) is 0 Å². The first kappa shape index (κ1) is 15.5. The second-order valence-electron chi connectivity index (χ2n) is 6.37. The molecular formula is C17H22ClNO3. The minimum absolute atomic E-state index is 0.0419. The first-order valence-corrected chi connectivity index (χ1v) is 8.20. The Hall–Kier alpha value is -1.42. The molecule has 120 valence electrons. The van der Waals surface area contributed by atoms with Crippen molar-refractivity contribution in [3.63, 3.8) is 0 Å². The summed E-state index contributed by atoms with van der Waals surface area (Å²) in [5.74, 6) is 3.26. The number of hydrogen-bond acceptors (Lipinski definition) is 3. The Morgan fingerprint density at radius 3 is 2.59 bits per heavy atom. The maximum absolute atomic E-state index is 12.4. The lowest BCUT2D eigenvalue weighted by molar-refractivity contribution is -0.117. The summed E-state index contributed by atoms with van der Waals surface area (Å²) in [6, 6.07) is 3.37. The van der Waals surface area contributed by atoms with E-state index in [9.17, 15) is 4.79 Å². The molecule has 0 aromatic heterocycles. The molecule has 1 amide bonds. The Labute approximate surface area is 136 Å². The highest BCUT2D eigenvalue weighted by atomic mass is 35.5. The number of anilines is 1. The van der Waals surface area contributed by atoms with Crippen molar-refractivity contribution >= 4 is 23.2 Å². The predicted octanol–water partition coefficient (Wildman–Crippen LogP) is 4.12. The van der Waals surface area contributed by atoms with Crippen LogP contribution in [-0.4, -0.2) is 20.1 Å². The number of halogens is 1. The fourth-order valence-electron chi connectivity index (χ4n) is 4.02. The summed E-state index contributed by atoms with van der Waals surface area (Å²) in [5, 5.41) is 3.41. The highest BCUT2D eigenvalue weighted by molar-refractivity contribution is 6.32. The number of fused-ring (bicyclic) bond motifs is 2. The van der Waals surface area contributed by atoms with E-state index in [1.54, 1.807) is 26.4 Å². The van der Waals surface area contributed by atoms with Gasteiger partial charge in [-0.15, -0.1) is 0 Å². The van der Waals surface area contributed by atoms with Crippen molar-refractivity contribution in [3.8, 4) is 11.5 Å². The summed E-state index contributed by atoms with van der Waals surface area (Å²) in [6.45, 7) is 0. The van der Waals surface area contributed by atoms with Gasteiger partial charge in [-0.25, -0.2) is 0 Å². The molecule has 0 spiro atoms. The van der Waals surface area contributed by atoms with E-state index < -0.39 is 0 Å². The summed E-state index contributed by atoms with van der Waals surface area (Å²) < 4.78 is 10.5. The molecule has 3 atom stereocenters. The van der Waals surface area contributed by atoms with Crippen LogP contribution in [0.4, 0.5) is 5.69 Å². The van der Waals surface area contributed by atoms with Crippen LogP contribution < -0.4 is 14.8 Å². The van der Waals surface area contributed by atoms with Gasteiger partial charge in [0, 0.05) is 18.6 Å². The Bertz CT molecular complexity index is 575.